The molecule has 126 valence electrons. The first kappa shape index (κ1) is 17.7. The van der Waals surface area contributed by atoms with E-state index in [2.05, 4.69) is 6.92 Å². The summed E-state index contributed by atoms with van der Waals surface area (Å²) in [6.07, 6.45) is 13.4. The van der Waals surface area contributed by atoms with Gasteiger partial charge in [0.1, 0.15) is 6.26 Å². The molecule has 0 aromatic heterocycles. The van der Waals surface area contributed by atoms with Gasteiger partial charge >= 0.3 is 5.97 Å². The molecule has 5 nitrogen and oxygen atoms in total. The van der Waals surface area contributed by atoms with Gasteiger partial charge in [0, 0.05) is 18.1 Å². The molecule has 1 atom stereocenters. The summed E-state index contributed by atoms with van der Waals surface area (Å²) in [5.74, 6) is -1.82. The molecule has 0 saturated carbocycles. The van der Waals surface area contributed by atoms with E-state index in [1.54, 1.807) is 18.2 Å². The van der Waals surface area contributed by atoms with Crippen molar-refractivity contribution >= 4 is 17.5 Å². The zero-order chi connectivity index (χ0) is 17.7. The standard InChI is InChI=1S/C19H20O5/c1-4-5-6-7-8-9-15-14-10-11-23-12-16(14)18(22)19(3,17(15)21)24-13(2)20/h6-12H,4-5H2,1-3H3/b7-6+,9-8+. The average molecular weight is 328 g/mol. The summed E-state index contributed by atoms with van der Waals surface area (Å²) in [7, 11) is 0. The van der Waals surface area contributed by atoms with Crippen molar-refractivity contribution in [2.75, 3.05) is 0 Å². The molecule has 5 heteroatoms. The van der Waals surface area contributed by atoms with Gasteiger partial charge in [0.2, 0.25) is 17.2 Å². The number of ether oxygens (including phenoxy) is 2. The Morgan fingerprint density at radius 1 is 1.29 bits per heavy atom. The van der Waals surface area contributed by atoms with Gasteiger partial charge in [-0.15, -0.1) is 0 Å². The van der Waals surface area contributed by atoms with Gasteiger partial charge in [-0.05, 0) is 19.4 Å². The van der Waals surface area contributed by atoms with Crippen LogP contribution in [0.25, 0.3) is 0 Å². The topological polar surface area (TPSA) is 69.7 Å². The summed E-state index contributed by atoms with van der Waals surface area (Å²) in [5.41, 5.74) is -0.868. The van der Waals surface area contributed by atoms with Crippen molar-refractivity contribution in [3.8, 4) is 0 Å². The van der Waals surface area contributed by atoms with Gasteiger partial charge in [-0.1, -0.05) is 37.6 Å². The van der Waals surface area contributed by atoms with E-state index in [0.29, 0.717) is 11.1 Å². The lowest BCUT2D eigenvalue weighted by atomic mass is 9.76. The van der Waals surface area contributed by atoms with Crippen LogP contribution in [0, 0.1) is 0 Å². The fraction of sp³-hybridized carbons (Fsp3) is 0.316. The Balaban J connectivity index is 2.48. The van der Waals surface area contributed by atoms with Crippen molar-refractivity contribution in [1.29, 1.82) is 0 Å². The van der Waals surface area contributed by atoms with Gasteiger partial charge < -0.3 is 9.47 Å². The van der Waals surface area contributed by atoms with Crippen LogP contribution in [0.4, 0.5) is 0 Å². The summed E-state index contributed by atoms with van der Waals surface area (Å²) in [6.45, 7) is 4.55. The molecule has 0 aromatic carbocycles. The Hall–Kier alpha value is -2.69. The summed E-state index contributed by atoms with van der Waals surface area (Å²) in [6, 6.07) is 0. The van der Waals surface area contributed by atoms with Crippen molar-refractivity contribution in [1.82, 2.24) is 0 Å². The number of ketones is 2. The fourth-order valence-electron chi connectivity index (χ4n) is 2.56. The van der Waals surface area contributed by atoms with Crippen LogP contribution >= 0.6 is 0 Å². The van der Waals surface area contributed by atoms with E-state index in [1.165, 1.54) is 26.4 Å². The van der Waals surface area contributed by atoms with E-state index in [4.69, 9.17) is 9.47 Å². The molecule has 0 fully saturated rings. The quantitative estimate of drug-likeness (QED) is 0.441. The highest BCUT2D eigenvalue weighted by molar-refractivity contribution is 6.29. The second-order valence-electron chi connectivity index (χ2n) is 5.66. The zero-order valence-corrected chi connectivity index (χ0v) is 14.0. The predicted octanol–water partition coefficient (Wildman–Crippen LogP) is 3.10. The highest BCUT2D eigenvalue weighted by Crippen LogP contribution is 2.36. The Morgan fingerprint density at radius 3 is 2.71 bits per heavy atom. The molecule has 0 saturated heterocycles. The summed E-state index contributed by atoms with van der Waals surface area (Å²) < 4.78 is 10.1. The Labute approximate surface area is 141 Å². The van der Waals surface area contributed by atoms with Crippen LogP contribution in [-0.4, -0.2) is 23.1 Å². The van der Waals surface area contributed by atoms with Crippen molar-refractivity contribution < 1.29 is 23.9 Å². The summed E-state index contributed by atoms with van der Waals surface area (Å²) in [5, 5.41) is 0. The molecule has 0 N–H and O–H groups in total. The third-order valence-corrected chi connectivity index (χ3v) is 3.75. The second kappa shape index (κ2) is 7.25. The molecule has 1 heterocycles. The minimum absolute atomic E-state index is 0.220. The van der Waals surface area contributed by atoms with E-state index < -0.39 is 23.1 Å². The smallest absolute Gasteiger partial charge is 0.304 e. The van der Waals surface area contributed by atoms with E-state index in [1.807, 2.05) is 12.2 Å². The van der Waals surface area contributed by atoms with Gasteiger partial charge in [-0.3, -0.25) is 14.4 Å². The van der Waals surface area contributed by atoms with Crippen LogP contribution in [0.1, 0.15) is 33.6 Å². The van der Waals surface area contributed by atoms with Gasteiger partial charge in [-0.25, -0.2) is 0 Å². The number of hydrogen-bond acceptors (Lipinski definition) is 5. The van der Waals surface area contributed by atoms with Crippen LogP contribution in [0.5, 0.6) is 0 Å². The summed E-state index contributed by atoms with van der Waals surface area (Å²) >= 11 is 0. The lowest BCUT2D eigenvalue weighted by molar-refractivity contribution is -0.167. The number of fused-ring (bicyclic) bond motifs is 1. The monoisotopic (exact) mass is 328 g/mol. The van der Waals surface area contributed by atoms with Gasteiger partial charge in [0.15, 0.2) is 0 Å². The van der Waals surface area contributed by atoms with Crippen LogP contribution in [0.2, 0.25) is 0 Å². The van der Waals surface area contributed by atoms with Crippen LogP contribution < -0.4 is 0 Å². The molecule has 0 amide bonds. The van der Waals surface area contributed by atoms with Crippen LogP contribution in [-0.2, 0) is 23.9 Å². The molecule has 24 heavy (non-hydrogen) atoms. The van der Waals surface area contributed by atoms with Crippen molar-refractivity contribution in [3.63, 3.8) is 0 Å². The molecule has 2 rings (SSSR count). The SMILES string of the molecule is CCC/C=C/C=C/C1=C2C=COC=C2C(=O)C(C)(OC(C)=O)C1=O. The number of carbonyl (C=O) groups excluding carboxylic acids is 3. The summed E-state index contributed by atoms with van der Waals surface area (Å²) in [4.78, 5) is 36.8. The van der Waals surface area contributed by atoms with E-state index >= 15 is 0 Å². The first-order chi connectivity index (χ1) is 11.4. The third kappa shape index (κ3) is 3.30. The molecule has 0 radical (unpaired) electrons. The van der Waals surface area contributed by atoms with E-state index in [9.17, 15) is 14.4 Å². The number of unbranched alkanes of at least 4 members (excludes halogenated alkanes) is 1. The van der Waals surface area contributed by atoms with E-state index in [-0.39, 0.29) is 5.57 Å². The van der Waals surface area contributed by atoms with Crippen molar-refractivity contribution in [3.05, 3.63) is 59.6 Å². The predicted molar refractivity (Wildman–Crippen MR) is 88.7 cm³/mol. The average Bonchev–Trinajstić information content (AvgIpc) is 2.55. The Morgan fingerprint density at radius 2 is 2.04 bits per heavy atom. The van der Waals surface area contributed by atoms with Gasteiger partial charge in [-0.2, -0.15) is 0 Å². The molecule has 1 aliphatic heterocycles. The second-order valence-corrected chi connectivity index (χ2v) is 5.66. The maximum atomic E-state index is 12.8. The zero-order valence-electron chi connectivity index (χ0n) is 14.0. The minimum atomic E-state index is -1.87. The van der Waals surface area contributed by atoms with E-state index in [0.717, 1.165) is 12.8 Å². The maximum Gasteiger partial charge on any atom is 0.304 e. The van der Waals surface area contributed by atoms with Crippen molar-refractivity contribution in [2.45, 2.75) is 39.2 Å². The number of Topliss-reactive ketones (excluding diaryl/α,β-unsaturated/α-hetero) is 2. The molecular formula is C19H20O5. The normalized spacial score (nSPS) is 23.5. The number of carbonyl (C=O) groups is 3. The number of rotatable bonds is 5. The maximum absolute atomic E-state index is 12.8. The van der Waals surface area contributed by atoms with Crippen LogP contribution in [0.15, 0.2) is 59.6 Å². The highest BCUT2D eigenvalue weighted by Gasteiger charge is 2.51. The number of hydrogen-bond donors (Lipinski definition) is 0. The minimum Gasteiger partial charge on any atom is -0.472 e. The lowest BCUT2D eigenvalue weighted by Gasteiger charge is -2.33. The molecule has 0 aromatic rings. The number of allylic oxidation sites excluding steroid dienone is 6. The Kier molecular flexibility index (Phi) is 5.34. The van der Waals surface area contributed by atoms with Gasteiger partial charge in [0.25, 0.3) is 0 Å². The molecule has 1 aliphatic carbocycles. The molecule has 1 unspecified atom stereocenters. The lowest BCUT2D eigenvalue weighted by Crippen LogP contribution is -2.51. The third-order valence-electron chi connectivity index (χ3n) is 3.75. The van der Waals surface area contributed by atoms with Crippen LogP contribution in [0.3, 0.4) is 0 Å². The molecule has 0 spiro atoms. The molecular weight excluding hydrogens is 308 g/mol. The Bertz CT molecular complexity index is 718. The molecule has 2 aliphatic rings. The van der Waals surface area contributed by atoms with Gasteiger partial charge in [0.05, 0.1) is 11.8 Å². The fourth-order valence-corrected chi connectivity index (χ4v) is 2.56. The number of esters is 1. The largest absolute Gasteiger partial charge is 0.472 e. The molecule has 0 bridgehead atoms. The van der Waals surface area contributed by atoms with Crippen molar-refractivity contribution in [2.24, 2.45) is 0 Å². The highest BCUT2D eigenvalue weighted by atomic mass is 16.6. The first-order valence-electron chi connectivity index (χ1n) is 7.81. The first-order valence-corrected chi connectivity index (χ1v) is 7.81.